The van der Waals surface area contributed by atoms with Crippen molar-refractivity contribution in [1.82, 2.24) is 4.90 Å². The van der Waals surface area contributed by atoms with E-state index in [2.05, 4.69) is 0 Å². The predicted molar refractivity (Wildman–Crippen MR) is 74.6 cm³/mol. The van der Waals surface area contributed by atoms with E-state index in [1.54, 1.807) is 24.3 Å². The summed E-state index contributed by atoms with van der Waals surface area (Å²) in [6, 6.07) is 5.90. The molecular weight excluding hydrogens is 261 g/mol. The maximum Gasteiger partial charge on any atom is 0.323 e. The summed E-state index contributed by atoms with van der Waals surface area (Å²) in [5, 5.41) is 8.74. The summed E-state index contributed by atoms with van der Waals surface area (Å²) in [5.41, 5.74) is 0.791. The van der Waals surface area contributed by atoms with Gasteiger partial charge >= 0.3 is 5.97 Å². The zero-order chi connectivity index (χ0) is 15.0. The summed E-state index contributed by atoms with van der Waals surface area (Å²) in [6.45, 7) is 2.03. The number of rotatable bonds is 7. The van der Waals surface area contributed by atoms with Gasteiger partial charge in [-0.15, -0.1) is 0 Å². The smallest absolute Gasteiger partial charge is 0.323 e. The van der Waals surface area contributed by atoms with Crippen molar-refractivity contribution in [3.63, 3.8) is 0 Å². The summed E-state index contributed by atoms with van der Waals surface area (Å²) in [6.07, 6.45) is 4.20. The number of carbonyl (C=O) groups excluding carboxylic acids is 1. The molecule has 0 spiro atoms. The van der Waals surface area contributed by atoms with Crippen LogP contribution in [-0.2, 0) is 9.59 Å². The van der Waals surface area contributed by atoms with E-state index in [0.717, 1.165) is 5.56 Å². The van der Waals surface area contributed by atoms with Gasteiger partial charge in [0, 0.05) is 13.0 Å². The molecule has 1 aromatic carbocycles. The molecule has 4 nitrogen and oxygen atoms in total. The van der Waals surface area contributed by atoms with Crippen molar-refractivity contribution in [2.24, 2.45) is 0 Å². The van der Waals surface area contributed by atoms with Gasteiger partial charge in [-0.1, -0.05) is 31.2 Å². The minimum absolute atomic E-state index is 0.130. The topological polar surface area (TPSA) is 57.6 Å². The Kier molecular flexibility index (Phi) is 6.43. The highest BCUT2D eigenvalue weighted by Gasteiger charge is 2.14. The summed E-state index contributed by atoms with van der Waals surface area (Å²) in [4.78, 5) is 23.8. The minimum atomic E-state index is -1.02. The lowest BCUT2D eigenvalue weighted by Gasteiger charge is -2.18. The van der Waals surface area contributed by atoms with Crippen LogP contribution in [0, 0.1) is 5.82 Å². The van der Waals surface area contributed by atoms with E-state index >= 15 is 0 Å². The zero-order valence-corrected chi connectivity index (χ0v) is 11.4. The quantitative estimate of drug-likeness (QED) is 0.834. The molecule has 0 aliphatic rings. The fourth-order valence-electron chi connectivity index (χ4n) is 1.72. The number of carboxylic acids is 1. The first-order valence-corrected chi connectivity index (χ1v) is 6.44. The lowest BCUT2D eigenvalue weighted by atomic mass is 10.2. The van der Waals surface area contributed by atoms with Crippen molar-refractivity contribution in [3.8, 4) is 0 Å². The van der Waals surface area contributed by atoms with E-state index < -0.39 is 5.97 Å². The summed E-state index contributed by atoms with van der Waals surface area (Å²) in [5.74, 6) is -1.56. The highest BCUT2D eigenvalue weighted by Crippen LogP contribution is 2.06. The lowest BCUT2D eigenvalue weighted by Crippen LogP contribution is -2.35. The Labute approximate surface area is 117 Å². The molecule has 0 bridgehead atoms. The van der Waals surface area contributed by atoms with Gasteiger partial charge in [-0.05, 0) is 24.1 Å². The second kappa shape index (κ2) is 8.09. The largest absolute Gasteiger partial charge is 0.480 e. The fourth-order valence-corrected chi connectivity index (χ4v) is 1.72. The molecule has 0 saturated carbocycles. The van der Waals surface area contributed by atoms with Gasteiger partial charge < -0.3 is 10.0 Å². The number of halogens is 1. The molecule has 0 unspecified atom stereocenters. The minimum Gasteiger partial charge on any atom is -0.480 e. The molecule has 1 N–H and O–H groups in total. The van der Waals surface area contributed by atoms with Crippen LogP contribution in [0.5, 0.6) is 0 Å². The van der Waals surface area contributed by atoms with Gasteiger partial charge in [0.15, 0.2) is 0 Å². The lowest BCUT2D eigenvalue weighted by molar-refractivity contribution is -0.144. The Balaban J connectivity index is 2.55. The van der Waals surface area contributed by atoms with Gasteiger partial charge in [-0.25, -0.2) is 4.39 Å². The van der Waals surface area contributed by atoms with Gasteiger partial charge in [-0.3, -0.25) is 9.59 Å². The molecule has 20 heavy (non-hydrogen) atoms. The molecule has 0 aliphatic heterocycles. The van der Waals surface area contributed by atoms with Crippen LogP contribution in [0.1, 0.15) is 25.3 Å². The van der Waals surface area contributed by atoms with E-state index in [0.29, 0.717) is 13.0 Å². The van der Waals surface area contributed by atoms with Gasteiger partial charge in [0.05, 0.1) is 0 Å². The van der Waals surface area contributed by atoms with Crippen LogP contribution in [0.25, 0.3) is 6.08 Å². The number of hydrogen-bond acceptors (Lipinski definition) is 2. The van der Waals surface area contributed by atoms with Crippen LogP contribution in [-0.4, -0.2) is 35.0 Å². The van der Waals surface area contributed by atoms with Crippen molar-refractivity contribution in [1.29, 1.82) is 0 Å². The van der Waals surface area contributed by atoms with E-state index in [1.165, 1.54) is 17.0 Å². The number of hydrogen-bond donors (Lipinski definition) is 1. The Morgan fingerprint density at radius 2 is 1.95 bits per heavy atom. The molecule has 0 aliphatic carbocycles. The Morgan fingerprint density at radius 3 is 2.50 bits per heavy atom. The Hall–Kier alpha value is -2.17. The molecule has 0 aromatic heterocycles. The van der Waals surface area contributed by atoms with Crippen LogP contribution in [0.4, 0.5) is 4.39 Å². The number of aliphatic carboxylic acids is 1. The van der Waals surface area contributed by atoms with Crippen molar-refractivity contribution < 1.29 is 19.1 Å². The van der Waals surface area contributed by atoms with Crippen molar-refractivity contribution >= 4 is 18.0 Å². The molecule has 0 atom stereocenters. The van der Waals surface area contributed by atoms with E-state index in [4.69, 9.17) is 5.11 Å². The van der Waals surface area contributed by atoms with Gasteiger partial charge in [-0.2, -0.15) is 0 Å². The maximum absolute atomic E-state index is 12.7. The van der Waals surface area contributed by atoms with Gasteiger partial charge in [0.2, 0.25) is 5.91 Å². The normalized spacial score (nSPS) is 10.7. The van der Waals surface area contributed by atoms with Crippen molar-refractivity contribution in [3.05, 3.63) is 41.7 Å². The van der Waals surface area contributed by atoms with Gasteiger partial charge in [0.25, 0.3) is 0 Å². The number of carboxylic acid groups (broad SMARTS) is 1. The molecule has 1 amide bonds. The average Bonchev–Trinajstić information content (AvgIpc) is 2.40. The third-order valence-corrected chi connectivity index (χ3v) is 2.65. The Morgan fingerprint density at radius 1 is 1.30 bits per heavy atom. The number of nitrogens with zero attached hydrogens (tertiary/aromatic N) is 1. The molecule has 5 heteroatoms. The van der Waals surface area contributed by atoms with Crippen LogP contribution in [0.15, 0.2) is 30.3 Å². The van der Waals surface area contributed by atoms with Crippen molar-refractivity contribution in [2.75, 3.05) is 13.1 Å². The van der Waals surface area contributed by atoms with Crippen LogP contribution < -0.4 is 0 Å². The van der Waals surface area contributed by atoms with E-state index in [-0.39, 0.29) is 24.7 Å². The zero-order valence-electron chi connectivity index (χ0n) is 11.4. The van der Waals surface area contributed by atoms with E-state index in [1.807, 2.05) is 6.92 Å². The average molecular weight is 279 g/mol. The molecule has 108 valence electrons. The number of amides is 1. The SMILES string of the molecule is CCCN(CC(=O)O)C(=O)C/C=C/c1ccc(F)cc1. The Bertz CT molecular complexity index is 482. The predicted octanol–water partition coefficient (Wildman–Crippen LogP) is 2.55. The second-order valence-corrected chi connectivity index (χ2v) is 4.37. The fraction of sp³-hybridized carbons (Fsp3) is 0.333. The first kappa shape index (κ1) is 15.9. The molecule has 0 saturated heterocycles. The molecular formula is C15H18FNO3. The summed E-state index contributed by atoms with van der Waals surface area (Å²) < 4.78 is 12.7. The maximum atomic E-state index is 12.7. The summed E-state index contributed by atoms with van der Waals surface area (Å²) in [7, 11) is 0. The van der Waals surface area contributed by atoms with Crippen LogP contribution in [0.2, 0.25) is 0 Å². The highest BCUT2D eigenvalue weighted by atomic mass is 19.1. The molecule has 0 radical (unpaired) electrons. The monoisotopic (exact) mass is 279 g/mol. The molecule has 1 rings (SSSR count). The number of carbonyl (C=O) groups is 2. The van der Waals surface area contributed by atoms with Gasteiger partial charge in [0.1, 0.15) is 12.4 Å². The third-order valence-electron chi connectivity index (χ3n) is 2.65. The van der Waals surface area contributed by atoms with Crippen LogP contribution in [0.3, 0.4) is 0 Å². The highest BCUT2D eigenvalue weighted by molar-refractivity contribution is 5.82. The molecule has 0 fully saturated rings. The second-order valence-electron chi connectivity index (χ2n) is 4.37. The standard InChI is InChI=1S/C15H18FNO3/c1-2-10-17(11-15(19)20)14(18)5-3-4-12-6-8-13(16)9-7-12/h3-4,6-9H,2,5,10-11H2,1H3,(H,19,20)/b4-3+. The molecule has 1 aromatic rings. The number of benzene rings is 1. The van der Waals surface area contributed by atoms with E-state index in [9.17, 15) is 14.0 Å². The molecule has 0 heterocycles. The first-order chi connectivity index (χ1) is 9.52. The summed E-state index contributed by atoms with van der Waals surface area (Å²) >= 11 is 0. The van der Waals surface area contributed by atoms with Crippen LogP contribution >= 0.6 is 0 Å². The van der Waals surface area contributed by atoms with Crippen molar-refractivity contribution in [2.45, 2.75) is 19.8 Å². The first-order valence-electron chi connectivity index (χ1n) is 6.44. The third kappa shape index (κ3) is 5.65.